The molecular formula is C20H17BrN2OS. The van der Waals surface area contributed by atoms with Crippen molar-refractivity contribution in [2.75, 3.05) is 5.32 Å². The molecule has 0 aliphatic rings. The number of rotatable bonds is 5. The second kappa shape index (κ2) is 8.23. The van der Waals surface area contributed by atoms with Crippen LogP contribution in [0.2, 0.25) is 0 Å². The Labute approximate surface area is 159 Å². The van der Waals surface area contributed by atoms with Crippen LogP contribution in [0, 0.1) is 0 Å². The number of carbonyl (C=O) groups excluding carboxylic acids is 1. The van der Waals surface area contributed by atoms with Crippen LogP contribution in [0.1, 0.15) is 18.1 Å². The molecule has 0 unspecified atom stereocenters. The number of aryl methyl sites for hydroxylation is 1. The zero-order valence-electron chi connectivity index (χ0n) is 13.7. The second-order valence-electron chi connectivity index (χ2n) is 5.46. The van der Waals surface area contributed by atoms with Gasteiger partial charge in [0.15, 0.2) is 5.13 Å². The molecule has 0 radical (unpaired) electrons. The van der Waals surface area contributed by atoms with E-state index in [4.69, 9.17) is 0 Å². The van der Waals surface area contributed by atoms with Gasteiger partial charge in [0.05, 0.1) is 5.69 Å². The van der Waals surface area contributed by atoms with E-state index < -0.39 is 0 Å². The molecule has 1 aromatic heterocycles. The second-order valence-corrected chi connectivity index (χ2v) is 7.24. The van der Waals surface area contributed by atoms with Gasteiger partial charge in [-0.05, 0) is 35.8 Å². The molecule has 2 aromatic carbocycles. The molecule has 0 fully saturated rings. The average molecular weight is 413 g/mol. The van der Waals surface area contributed by atoms with E-state index in [1.165, 1.54) is 23.0 Å². The van der Waals surface area contributed by atoms with Gasteiger partial charge in [-0.3, -0.25) is 10.1 Å². The smallest absolute Gasteiger partial charge is 0.250 e. The molecule has 0 saturated heterocycles. The minimum absolute atomic E-state index is 0.190. The number of anilines is 1. The van der Waals surface area contributed by atoms with Crippen LogP contribution < -0.4 is 5.32 Å². The number of nitrogens with one attached hydrogen (secondary N) is 1. The van der Waals surface area contributed by atoms with Crippen LogP contribution in [-0.4, -0.2) is 10.9 Å². The van der Waals surface area contributed by atoms with E-state index in [2.05, 4.69) is 57.4 Å². The maximum absolute atomic E-state index is 12.0. The SMILES string of the molecule is CCc1ccc(-c2csc(NC(=O)/C=C/c3ccc(Br)cc3)n2)cc1. The van der Waals surface area contributed by atoms with Crippen molar-refractivity contribution in [1.29, 1.82) is 0 Å². The number of hydrogen-bond donors (Lipinski definition) is 1. The van der Waals surface area contributed by atoms with Crippen LogP contribution in [0.15, 0.2) is 64.5 Å². The Kier molecular flexibility index (Phi) is 5.79. The summed E-state index contributed by atoms with van der Waals surface area (Å²) < 4.78 is 1.01. The molecule has 0 atom stereocenters. The summed E-state index contributed by atoms with van der Waals surface area (Å²) in [4.78, 5) is 16.5. The van der Waals surface area contributed by atoms with Gasteiger partial charge in [0.1, 0.15) is 0 Å². The largest absolute Gasteiger partial charge is 0.298 e. The Morgan fingerprint density at radius 1 is 1.16 bits per heavy atom. The van der Waals surface area contributed by atoms with Crippen LogP contribution in [0.25, 0.3) is 17.3 Å². The Hall–Kier alpha value is -2.24. The average Bonchev–Trinajstić information content (AvgIpc) is 3.10. The molecule has 1 N–H and O–H groups in total. The van der Waals surface area contributed by atoms with Gasteiger partial charge in [-0.1, -0.05) is 59.3 Å². The normalized spacial score (nSPS) is 11.0. The number of hydrogen-bond acceptors (Lipinski definition) is 3. The number of halogens is 1. The van der Waals surface area contributed by atoms with E-state index in [0.29, 0.717) is 5.13 Å². The third kappa shape index (κ3) is 4.87. The molecule has 25 heavy (non-hydrogen) atoms. The van der Waals surface area contributed by atoms with Crippen LogP contribution in [0.3, 0.4) is 0 Å². The number of thiazole rings is 1. The molecule has 0 bridgehead atoms. The number of nitrogens with zero attached hydrogens (tertiary/aromatic N) is 1. The molecule has 126 valence electrons. The van der Waals surface area contributed by atoms with E-state index in [0.717, 1.165) is 27.7 Å². The van der Waals surface area contributed by atoms with E-state index in [-0.39, 0.29) is 5.91 Å². The summed E-state index contributed by atoms with van der Waals surface area (Å²) in [7, 11) is 0. The molecule has 0 aliphatic heterocycles. The first kappa shape index (κ1) is 17.6. The quantitative estimate of drug-likeness (QED) is 0.538. The van der Waals surface area contributed by atoms with Gasteiger partial charge in [-0.15, -0.1) is 11.3 Å². The lowest BCUT2D eigenvalue weighted by atomic mass is 10.1. The highest BCUT2D eigenvalue weighted by Crippen LogP contribution is 2.25. The maximum Gasteiger partial charge on any atom is 0.250 e. The minimum atomic E-state index is -0.190. The first-order chi connectivity index (χ1) is 12.1. The Morgan fingerprint density at radius 2 is 1.88 bits per heavy atom. The molecule has 1 heterocycles. The summed E-state index contributed by atoms with van der Waals surface area (Å²) in [5.41, 5.74) is 4.19. The predicted octanol–water partition coefficient (Wildman–Crippen LogP) is 5.79. The van der Waals surface area contributed by atoms with E-state index in [1.807, 2.05) is 29.6 Å². The van der Waals surface area contributed by atoms with Crippen molar-refractivity contribution in [3.05, 3.63) is 75.6 Å². The fraction of sp³-hybridized carbons (Fsp3) is 0.100. The molecule has 3 rings (SSSR count). The number of benzene rings is 2. The molecule has 3 aromatic rings. The molecule has 5 heteroatoms. The first-order valence-electron chi connectivity index (χ1n) is 7.93. The lowest BCUT2D eigenvalue weighted by molar-refractivity contribution is -0.111. The van der Waals surface area contributed by atoms with Gasteiger partial charge in [-0.2, -0.15) is 0 Å². The maximum atomic E-state index is 12.0. The topological polar surface area (TPSA) is 42.0 Å². The van der Waals surface area contributed by atoms with Crippen LogP contribution >= 0.6 is 27.3 Å². The highest BCUT2D eigenvalue weighted by Gasteiger charge is 2.06. The van der Waals surface area contributed by atoms with Crippen molar-refractivity contribution >= 4 is 44.4 Å². The van der Waals surface area contributed by atoms with Gasteiger partial charge in [0, 0.05) is 21.5 Å². The molecule has 0 spiro atoms. The number of amides is 1. The zero-order valence-corrected chi connectivity index (χ0v) is 16.1. The van der Waals surface area contributed by atoms with Crippen molar-refractivity contribution in [2.24, 2.45) is 0 Å². The predicted molar refractivity (Wildman–Crippen MR) is 109 cm³/mol. The minimum Gasteiger partial charge on any atom is -0.298 e. The molecule has 3 nitrogen and oxygen atoms in total. The highest BCUT2D eigenvalue weighted by molar-refractivity contribution is 9.10. The summed E-state index contributed by atoms with van der Waals surface area (Å²) in [6, 6.07) is 16.1. The van der Waals surface area contributed by atoms with Gasteiger partial charge in [-0.25, -0.2) is 4.98 Å². The van der Waals surface area contributed by atoms with Gasteiger partial charge < -0.3 is 0 Å². The Bertz CT molecular complexity index is 883. The fourth-order valence-corrected chi connectivity index (χ4v) is 3.25. The van der Waals surface area contributed by atoms with E-state index in [9.17, 15) is 4.79 Å². The molecule has 0 aliphatic carbocycles. The standard InChI is InChI=1S/C20H17BrN2OS/c1-2-14-3-8-16(9-4-14)18-13-25-20(22-18)23-19(24)12-7-15-5-10-17(21)11-6-15/h3-13H,2H2,1H3,(H,22,23,24)/b12-7+. The lowest BCUT2D eigenvalue weighted by Crippen LogP contribution is -2.07. The van der Waals surface area contributed by atoms with E-state index in [1.54, 1.807) is 6.08 Å². The molecular weight excluding hydrogens is 396 g/mol. The summed E-state index contributed by atoms with van der Waals surface area (Å²) in [5.74, 6) is -0.190. The van der Waals surface area contributed by atoms with Crippen LogP contribution in [0.5, 0.6) is 0 Å². The monoisotopic (exact) mass is 412 g/mol. The summed E-state index contributed by atoms with van der Waals surface area (Å²) >= 11 is 4.81. The van der Waals surface area contributed by atoms with Gasteiger partial charge in [0.2, 0.25) is 5.91 Å². The van der Waals surface area contributed by atoms with Gasteiger partial charge >= 0.3 is 0 Å². The Balaban J connectivity index is 1.64. The lowest BCUT2D eigenvalue weighted by Gasteiger charge is -1.99. The zero-order chi connectivity index (χ0) is 17.6. The summed E-state index contributed by atoms with van der Waals surface area (Å²) in [6.45, 7) is 2.13. The summed E-state index contributed by atoms with van der Waals surface area (Å²) in [5, 5.41) is 5.36. The van der Waals surface area contributed by atoms with E-state index >= 15 is 0 Å². The number of carbonyl (C=O) groups is 1. The third-order valence-electron chi connectivity index (χ3n) is 3.69. The summed E-state index contributed by atoms with van der Waals surface area (Å²) in [6.07, 6.45) is 4.31. The van der Waals surface area contributed by atoms with Crippen molar-refractivity contribution < 1.29 is 4.79 Å². The molecule has 1 amide bonds. The van der Waals surface area contributed by atoms with Crippen molar-refractivity contribution in [3.8, 4) is 11.3 Å². The van der Waals surface area contributed by atoms with Crippen molar-refractivity contribution in [1.82, 2.24) is 4.98 Å². The van der Waals surface area contributed by atoms with Gasteiger partial charge in [0.25, 0.3) is 0 Å². The van der Waals surface area contributed by atoms with Crippen LogP contribution in [-0.2, 0) is 11.2 Å². The molecule has 0 saturated carbocycles. The van der Waals surface area contributed by atoms with Crippen molar-refractivity contribution in [2.45, 2.75) is 13.3 Å². The highest BCUT2D eigenvalue weighted by atomic mass is 79.9. The van der Waals surface area contributed by atoms with Crippen molar-refractivity contribution in [3.63, 3.8) is 0 Å². The fourth-order valence-electron chi connectivity index (χ4n) is 2.27. The first-order valence-corrected chi connectivity index (χ1v) is 9.61. The van der Waals surface area contributed by atoms with Crippen LogP contribution in [0.4, 0.5) is 5.13 Å². The Morgan fingerprint density at radius 3 is 2.56 bits per heavy atom. The number of aromatic nitrogens is 1. The third-order valence-corrected chi connectivity index (χ3v) is 4.98.